The molecule has 0 atom stereocenters. The number of halogens is 1. The number of hydrogen-bond donors (Lipinski definition) is 0. The fourth-order valence-electron chi connectivity index (χ4n) is 1.76. The van der Waals surface area contributed by atoms with Crippen LogP contribution in [0.5, 0.6) is 0 Å². The third kappa shape index (κ3) is 3.70. The van der Waals surface area contributed by atoms with Crippen LogP contribution in [0.1, 0.15) is 31.1 Å². The van der Waals surface area contributed by atoms with E-state index in [9.17, 15) is 4.79 Å². The molecule has 92 valence electrons. The first-order chi connectivity index (χ1) is 7.95. The van der Waals surface area contributed by atoms with Gasteiger partial charge in [-0.3, -0.25) is 4.79 Å². The number of rotatable bonds is 5. The van der Waals surface area contributed by atoms with Gasteiger partial charge >= 0.3 is 0 Å². The molecule has 2 nitrogen and oxygen atoms in total. The van der Waals surface area contributed by atoms with E-state index in [1.807, 2.05) is 25.1 Å². The van der Waals surface area contributed by atoms with Gasteiger partial charge in [0.15, 0.2) is 5.78 Å². The van der Waals surface area contributed by atoms with Crippen LogP contribution in [-0.2, 0) is 0 Å². The molecule has 0 heterocycles. The second-order valence-electron chi connectivity index (χ2n) is 4.19. The average molecular weight is 296 g/mol. The van der Waals surface area contributed by atoms with E-state index in [0.29, 0.717) is 0 Å². The Balaban J connectivity index is 3.20. The number of anilines is 1. The van der Waals surface area contributed by atoms with Gasteiger partial charge in [0.1, 0.15) is 0 Å². The Labute approximate surface area is 111 Å². The molecule has 0 radical (unpaired) electrons. The molecule has 0 saturated heterocycles. The van der Waals surface area contributed by atoms with Crippen LogP contribution in [0.25, 0.3) is 0 Å². The number of ketones is 1. The Morgan fingerprint density at radius 1 is 1.41 bits per heavy atom. The molecule has 17 heavy (non-hydrogen) atoms. The fraction of sp³-hybridized carbons (Fsp3) is 0.357. The summed E-state index contributed by atoms with van der Waals surface area (Å²) in [5, 5.41) is 0. The third-order valence-electron chi connectivity index (χ3n) is 2.52. The highest BCUT2D eigenvalue weighted by atomic mass is 79.9. The molecule has 0 N–H and O–H groups in total. The number of nitrogens with zero attached hydrogens (tertiary/aromatic N) is 1. The molecule has 0 aliphatic carbocycles. The van der Waals surface area contributed by atoms with Crippen LogP contribution in [0, 0.1) is 0 Å². The van der Waals surface area contributed by atoms with Gasteiger partial charge in [-0.25, -0.2) is 0 Å². The zero-order valence-electron chi connectivity index (χ0n) is 10.6. The summed E-state index contributed by atoms with van der Waals surface area (Å²) in [6.07, 6.45) is 0. The predicted molar refractivity (Wildman–Crippen MR) is 76.8 cm³/mol. The van der Waals surface area contributed by atoms with Crippen LogP contribution >= 0.6 is 15.9 Å². The van der Waals surface area contributed by atoms with E-state index in [1.165, 1.54) is 0 Å². The van der Waals surface area contributed by atoms with Crippen molar-refractivity contribution in [3.8, 4) is 0 Å². The van der Waals surface area contributed by atoms with Gasteiger partial charge in [0, 0.05) is 28.8 Å². The molecular formula is C14H18BrNO. The van der Waals surface area contributed by atoms with Crippen molar-refractivity contribution in [3.63, 3.8) is 0 Å². The number of carbonyl (C=O) groups is 1. The summed E-state index contributed by atoms with van der Waals surface area (Å²) < 4.78 is 0.984. The van der Waals surface area contributed by atoms with Crippen molar-refractivity contribution < 1.29 is 4.79 Å². The molecule has 0 fully saturated rings. The van der Waals surface area contributed by atoms with Crippen LogP contribution in [0.3, 0.4) is 0 Å². The van der Waals surface area contributed by atoms with E-state index in [4.69, 9.17) is 0 Å². The lowest BCUT2D eigenvalue weighted by atomic mass is 10.1. The molecule has 0 spiro atoms. The number of benzene rings is 1. The SMILES string of the molecule is C=C(C)CN(CC)c1cc(Br)ccc1C(C)=O. The van der Waals surface area contributed by atoms with Crippen LogP contribution in [0.15, 0.2) is 34.8 Å². The van der Waals surface area contributed by atoms with E-state index >= 15 is 0 Å². The highest BCUT2D eigenvalue weighted by Gasteiger charge is 2.13. The van der Waals surface area contributed by atoms with E-state index in [2.05, 4.69) is 34.3 Å². The third-order valence-corrected chi connectivity index (χ3v) is 3.02. The maximum absolute atomic E-state index is 11.6. The number of Topliss-reactive ketones (excluding diaryl/α,β-unsaturated/α-hetero) is 1. The standard InChI is InChI=1S/C14H18BrNO/c1-5-16(9-10(2)3)14-8-12(15)6-7-13(14)11(4)17/h6-8H,2,5,9H2,1,3-4H3. The largest absolute Gasteiger partial charge is 0.367 e. The van der Waals surface area contributed by atoms with Crippen molar-refractivity contribution in [2.45, 2.75) is 20.8 Å². The molecule has 0 aromatic heterocycles. The molecule has 0 aliphatic heterocycles. The maximum Gasteiger partial charge on any atom is 0.161 e. The zero-order chi connectivity index (χ0) is 13.0. The van der Waals surface area contributed by atoms with Crippen molar-refractivity contribution >= 4 is 27.4 Å². The summed E-state index contributed by atoms with van der Waals surface area (Å²) in [6, 6.07) is 5.75. The molecule has 1 rings (SSSR count). The van der Waals surface area contributed by atoms with Crippen LogP contribution < -0.4 is 4.90 Å². The Hall–Kier alpha value is -1.09. The Bertz CT molecular complexity index is 440. The van der Waals surface area contributed by atoms with E-state index < -0.39 is 0 Å². The summed E-state index contributed by atoms with van der Waals surface area (Å²) in [6.45, 7) is 11.2. The Morgan fingerprint density at radius 3 is 2.53 bits per heavy atom. The zero-order valence-corrected chi connectivity index (χ0v) is 12.2. The van der Waals surface area contributed by atoms with Crippen molar-refractivity contribution in [1.29, 1.82) is 0 Å². The van der Waals surface area contributed by atoms with Crippen molar-refractivity contribution in [3.05, 3.63) is 40.4 Å². The summed E-state index contributed by atoms with van der Waals surface area (Å²) in [4.78, 5) is 13.8. The normalized spacial score (nSPS) is 10.1. The van der Waals surface area contributed by atoms with Gasteiger partial charge in [-0.1, -0.05) is 28.1 Å². The topological polar surface area (TPSA) is 20.3 Å². The summed E-state index contributed by atoms with van der Waals surface area (Å²) >= 11 is 3.45. The minimum atomic E-state index is 0.0904. The molecule has 0 aliphatic rings. The van der Waals surface area contributed by atoms with Crippen molar-refractivity contribution in [2.24, 2.45) is 0 Å². The second-order valence-corrected chi connectivity index (χ2v) is 5.10. The first-order valence-electron chi connectivity index (χ1n) is 5.65. The quantitative estimate of drug-likeness (QED) is 0.603. The predicted octanol–water partition coefficient (Wildman–Crippen LogP) is 4.05. The fourth-order valence-corrected chi connectivity index (χ4v) is 2.11. The number of hydrogen-bond acceptors (Lipinski definition) is 2. The van der Waals surface area contributed by atoms with Crippen molar-refractivity contribution in [1.82, 2.24) is 0 Å². The molecule has 0 bridgehead atoms. The van der Waals surface area contributed by atoms with E-state index in [1.54, 1.807) is 6.92 Å². The minimum Gasteiger partial charge on any atom is -0.367 e. The molecule has 3 heteroatoms. The van der Waals surface area contributed by atoms with Gasteiger partial charge < -0.3 is 4.90 Å². The maximum atomic E-state index is 11.6. The van der Waals surface area contributed by atoms with Gasteiger partial charge in [0.25, 0.3) is 0 Å². The van der Waals surface area contributed by atoms with Crippen molar-refractivity contribution in [2.75, 3.05) is 18.0 Å². The molecule has 1 aromatic rings. The Kier molecular flexibility index (Phi) is 4.94. The van der Waals surface area contributed by atoms with E-state index in [0.717, 1.165) is 34.4 Å². The van der Waals surface area contributed by atoms with Gasteiger partial charge in [0.05, 0.1) is 0 Å². The van der Waals surface area contributed by atoms with Gasteiger partial charge in [-0.05, 0) is 39.0 Å². The van der Waals surface area contributed by atoms with Crippen LogP contribution in [0.4, 0.5) is 5.69 Å². The second kappa shape index (κ2) is 6.01. The Morgan fingerprint density at radius 2 is 2.06 bits per heavy atom. The smallest absolute Gasteiger partial charge is 0.161 e. The van der Waals surface area contributed by atoms with Gasteiger partial charge in [-0.15, -0.1) is 0 Å². The first-order valence-corrected chi connectivity index (χ1v) is 6.44. The highest BCUT2D eigenvalue weighted by Crippen LogP contribution is 2.26. The van der Waals surface area contributed by atoms with E-state index in [-0.39, 0.29) is 5.78 Å². The monoisotopic (exact) mass is 295 g/mol. The highest BCUT2D eigenvalue weighted by molar-refractivity contribution is 9.10. The molecule has 1 aromatic carbocycles. The van der Waals surface area contributed by atoms with Crippen LogP contribution in [-0.4, -0.2) is 18.9 Å². The van der Waals surface area contributed by atoms with Gasteiger partial charge in [-0.2, -0.15) is 0 Å². The lowest BCUT2D eigenvalue weighted by Gasteiger charge is -2.25. The first kappa shape index (κ1) is 14.0. The van der Waals surface area contributed by atoms with Gasteiger partial charge in [0.2, 0.25) is 0 Å². The molecular weight excluding hydrogens is 278 g/mol. The molecule has 0 unspecified atom stereocenters. The average Bonchev–Trinajstić information content (AvgIpc) is 2.25. The van der Waals surface area contributed by atoms with Crippen LogP contribution in [0.2, 0.25) is 0 Å². The molecule has 0 saturated carbocycles. The summed E-state index contributed by atoms with van der Waals surface area (Å²) in [7, 11) is 0. The summed E-state index contributed by atoms with van der Waals surface area (Å²) in [5.74, 6) is 0.0904. The lowest BCUT2D eigenvalue weighted by Crippen LogP contribution is -2.26. The minimum absolute atomic E-state index is 0.0904. The number of likely N-dealkylation sites (N-methyl/N-ethyl adjacent to an activating group) is 1. The molecule has 0 amide bonds. The number of carbonyl (C=O) groups excluding carboxylic acids is 1. The summed E-state index contributed by atoms with van der Waals surface area (Å²) in [5.41, 5.74) is 2.81. The lowest BCUT2D eigenvalue weighted by molar-refractivity contribution is 0.101.